The highest BCUT2D eigenvalue weighted by Gasteiger charge is 2.64. The third-order valence-corrected chi connectivity index (χ3v) is 5.07. The summed E-state index contributed by atoms with van der Waals surface area (Å²) in [4.78, 5) is 24.1. The third-order valence-electron chi connectivity index (χ3n) is 5.07. The second-order valence-electron chi connectivity index (χ2n) is 5.89. The van der Waals surface area contributed by atoms with E-state index in [1.165, 1.54) is 0 Å². The van der Waals surface area contributed by atoms with Crippen molar-refractivity contribution in [2.24, 2.45) is 23.2 Å². The average Bonchev–Trinajstić information content (AvgIpc) is 2.84. The topological polar surface area (TPSA) is 52.6 Å². The van der Waals surface area contributed by atoms with E-state index >= 15 is 0 Å². The Hall–Kier alpha value is -1.32. The minimum absolute atomic E-state index is 0.0399. The molecule has 0 spiro atoms. The van der Waals surface area contributed by atoms with Crippen LogP contribution in [0.25, 0.3) is 0 Å². The van der Waals surface area contributed by atoms with Gasteiger partial charge in [0.15, 0.2) is 0 Å². The molecule has 1 aliphatic heterocycles. The molecular weight excluding hydrogens is 244 g/mol. The summed E-state index contributed by atoms with van der Waals surface area (Å²) in [5.74, 6) is -0.0408. The lowest BCUT2D eigenvalue weighted by atomic mass is 9.68. The Morgan fingerprint density at radius 1 is 1.63 bits per heavy atom. The van der Waals surface area contributed by atoms with E-state index in [0.717, 1.165) is 19.3 Å². The smallest absolute Gasteiger partial charge is 0.316 e. The molecule has 2 fully saturated rings. The summed E-state index contributed by atoms with van der Waals surface area (Å²) in [5, 5.41) is 0. The summed E-state index contributed by atoms with van der Waals surface area (Å²) in [5.41, 5.74) is -0.450. The maximum atomic E-state index is 12.1. The molecule has 0 amide bonds. The molecule has 0 aromatic carbocycles. The molecule has 2 aliphatic carbocycles. The van der Waals surface area contributed by atoms with E-state index in [-0.39, 0.29) is 35.8 Å². The lowest BCUT2D eigenvalue weighted by molar-refractivity contribution is -0.150. The SMILES string of the molecule is CCOC(=O)[C@H](C)[C@H]1CC[C@@]23C=CC[C@H](OC2=O)[C@@H]13. The molecule has 3 rings (SSSR count). The van der Waals surface area contributed by atoms with E-state index in [1.54, 1.807) is 0 Å². The van der Waals surface area contributed by atoms with Crippen molar-refractivity contribution in [3.63, 3.8) is 0 Å². The zero-order valence-corrected chi connectivity index (χ0v) is 11.4. The molecule has 4 nitrogen and oxygen atoms in total. The number of hydrogen-bond donors (Lipinski definition) is 0. The molecule has 0 N–H and O–H groups in total. The number of carbonyl (C=O) groups is 2. The molecule has 3 aliphatic rings. The average molecular weight is 264 g/mol. The molecule has 0 radical (unpaired) electrons. The normalized spacial score (nSPS) is 40.7. The van der Waals surface area contributed by atoms with Gasteiger partial charge >= 0.3 is 11.9 Å². The van der Waals surface area contributed by atoms with Crippen molar-refractivity contribution in [3.8, 4) is 0 Å². The third kappa shape index (κ3) is 1.65. The molecule has 0 aromatic rings. The summed E-state index contributed by atoms with van der Waals surface area (Å²) in [6, 6.07) is 0. The van der Waals surface area contributed by atoms with Gasteiger partial charge in [0.1, 0.15) is 6.10 Å². The molecule has 19 heavy (non-hydrogen) atoms. The Morgan fingerprint density at radius 3 is 3.16 bits per heavy atom. The molecule has 1 saturated carbocycles. The van der Waals surface area contributed by atoms with Crippen molar-refractivity contribution in [1.82, 2.24) is 0 Å². The molecule has 4 heteroatoms. The molecule has 2 bridgehead atoms. The summed E-state index contributed by atoms with van der Waals surface area (Å²) in [7, 11) is 0. The van der Waals surface area contributed by atoms with Gasteiger partial charge in [-0.2, -0.15) is 0 Å². The minimum atomic E-state index is -0.450. The van der Waals surface area contributed by atoms with Crippen LogP contribution in [0.5, 0.6) is 0 Å². The Labute approximate surface area is 113 Å². The largest absolute Gasteiger partial charge is 0.466 e. The van der Waals surface area contributed by atoms with Crippen LogP contribution in [0.1, 0.15) is 33.1 Å². The van der Waals surface area contributed by atoms with Gasteiger partial charge in [-0.05, 0) is 25.7 Å². The Bertz CT molecular complexity index is 441. The van der Waals surface area contributed by atoms with Crippen LogP contribution in [-0.4, -0.2) is 24.6 Å². The van der Waals surface area contributed by atoms with E-state index in [1.807, 2.05) is 19.9 Å². The number of carbonyl (C=O) groups excluding carboxylic acids is 2. The number of hydrogen-bond acceptors (Lipinski definition) is 4. The van der Waals surface area contributed by atoms with Crippen molar-refractivity contribution in [3.05, 3.63) is 12.2 Å². The second kappa shape index (κ2) is 4.36. The molecule has 1 heterocycles. The lowest BCUT2D eigenvalue weighted by Gasteiger charge is -2.31. The molecule has 1 saturated heterocycles. The van der Waals surface area contributed by atoms with E-state index < -0.39 is 5.41 Å². The van der Waals surface area contributed by atoms with Gasteiger partial charge in [0.2, 0.25) is 0 Å². The van der Waals surface area contributed by atoms with E-state index in [9.17, 15) is 9.59 Å². The standard InChI is InChI=1S/C15H20O4/c1-3-18-13(16)9(2)10-6-8-15-7-4-5-11(12(10)15)19-14(15)17/h4,7,9-12H,3,5-6,8H2,1-2H3/t9-,10-,11+,12-,15-/m1/s1. The first-order valence-electron chi connectivity index (χ1n) is 7.15. The highest BCUT2D eigenvalue weighted by atomic mass is 16.6. The van der Waals surface area contributed by atoms with Gasteiger partial charge in [-0.25, -0.2) is 0 Å². The summed E-state index contributed by atoms with van der Waals surface area (Å²) in [6.45, 7) is 4.15. The maximum absolute atomic E-state index is 12.1. The highest BCUT2D eigenvalue weighted by molar-refractivity contribution is 5.84. The molecule has 0 unspecified atom stereocenters. The van der Waals surface area contributed by atoms with Crippen LogP contribution >= 0.6 is 0 Å². The fourth-order valence-electron chi connectivity index (χ4n) is 4.18. The van der Waals surface area contributed by atoms with Crippen LogP contribution in [-0.2, 0) is 19.1 Å². The van der Waals surface area contributed by atoms with E-state index in [4.69, 9.17) is 9.47 Å². The van der Waals surface area contributed by atoms with E-state index in [2.05, 4.69) is 6.08 Å². The van der Waals surface area contributed by atoms with Crippen molar-refractivity contribution in [2.45, 2.75) is 39.2 Å². The number of ether oxygens (including phenoxy) is 2. The first kappa shape index (κ1) is 12.7. The fraction of sp³-hybridized carbons (Fsp3) is 0.733. The quantitative estimate of drug-likeness (QED) is 0.578. The van der Waals surface area contributed by atoms with Gasteiger partial charge in [0, 0.05) is 12.3 Å². The van der Waals surface area contributed by atoms with Crippen molar-refractivity contribution >= 4 is 11.9 Å². The zero-order valence-electron chi connectivity index (χ0n) is 11.4. The van der Waals surface area contributed by atoms with Crippen molar-refractivity contribution < 1.29 is 19.1 Å². The maximum Gasteiger partial charge on any atom is 0.316 e. The Balaban J connectivity index is 1.86. The molecular formula is C15H20O4. The van der Waals surface area contributed by atoms with Crippen LogP contribution < -0.4 is 0 Å². The van der Waals surface area contributed by atoms with Crippen LogP contribution in [0, 0.1) is 23.2 Å². The lowest BCUT2D eigenvalue weighted by Crippen LogP contribution is -2.37. The number of esters is 2. The summed E-state index contributed by atoms with van der Waals surface area (Å²) in [6.07, 6.45) is 6.54. The predicted molar refractivity (Wildman–Crippen MR) is 68.1 cm³/mol. The van der Waals surface area contributed by atoms with Gasteiger partial charge < -0.3 is 9.47 Å². The minimum Gasteiger partial charge on any atom is -0.466 e. The highest BCUT2D eigenvalue weighted by Crippen LogP contribution is 2.59. The van der Waals surface area contributed by atoms with Crippen LogP contribution in [0.4, 0.5) is 0 Å². The fourth-order valence-corrected chi connectivity index (χ4v) is 4.18. The van der Waals surface area contributed by atoms with Crippen molar-refractivity contribution in [1.29, 1.82) is 0 Å². The molecule has 104 valence electrons. The molecule has 0 aromatic heterocycles. The second-order valence-corrected chi connectivity index (χ2v) is 5.89. The summed E-state index contributed by atoms with van der Waals surface area (Å²) >= 11 is 0. The Kier molecular flexibility index (Phi) is 2.91. The number of rotatable bonds is 3. The van der Waals surface area contributed by atoms with Gasteiger partial charge in [0.05, 0.1) is 17.9 Å². The van der Waals surface area contributed by atoms with Gasteiger partial charge in [-0.3, -0.25) is 9.59 Å². The predicted octanol–water partition coefficient (Wildman–Crippen LogP) is 2.08. The van der Waals surface area contributed by atoms with Crippen LogP contribution in [0.3, 0.4) is 0 Å². The molecule has 5 atom stereocenters. The summed E-state index contributed by atoms with van der Waals surface area (Å²) < 4.78 is 10.6. The van der Waals surface area contributed by atoms with E-state index in [0.29, 0.717) is 6.61 Å². The van der Waals surface area contributed by atoms with Crippen LogP contribution in [0.15, 0.2) is 12.2 Å². The monoisotopic (exact) mass is 264 g/mol. The van der Waals surface area contributed by atoms with Crippen molar-refractivity contribution in [2.75, 3.05) is 6.61 Å². The first-order chi connectivity index (χ1) is 9.10. The first-order valence-corrected chi connectivity index (χ1v) is 7.15. The van der Waals surface area contributed by atoms with Gasteiger partial charge in [0.25, 0.3) is 0 Å². The Morgan fingerprint density at radius 2 is 2.42 bits per heavy atom. The zero-order chi connectivity index (χ0) is 13.6. The van der Waals surface area contributed by atoms with Crippen LogP contribution in [0.2, 0.25) is 0 Å². The van der Waals surface area contributed by atoms with Gasteiger partial charge in [-0.1, -0.05) is 19.1 Å². The van der Waals surface area contributed by atoms with Gasteiger partial charge in [-0.15, -0.1) is 0 Å².